The van der Waals surface area contributed by atoms with Crippen LogP contribution in [0.15, 0.2) is 71.2 Å². The Hall–Kier alpha value is -2.66. The molecule has 0 aliphatic rings. The van der Waals surface area contributed by atoms with Crippen molar-refractivity contribution in [2.45, 2.75) is 13.0 Å². The number of carbonyl (C=O) groups excluding carboxylic acids is 2. The summed E-state index contributed by atoms with van der Waals surface area (Å²) >= 11 is 3.30. The molecule has 0 spiro atoms. The number of halogens is 1. The number of benzene rings is 3. The van der Waals surface area contributed by atoms with Gasteiger partial charge in [0.2, 0.25) is 0 Å². The fraction of sp³-hybridized carbons (Fsp3) is 0.100. The normalized spacial score (nSPS) is 11.8. The van der Waals surface area contributed by atoms with E-state index in [-0.39, 0.29) is 5.91 Å². The summed E-state index contributed by atoms with van der Waals surface area (Å²) in [6, 6.07) is 20.4. The van der Waals surface area contributed by atoms with E-state index in [0.717, 1.165) is 10.8 Å². The van der Waals surface area contributed by atoms with Gasteiger partial charge in [-0.3, -0.25) is 4.79 Å². The molecule has 1 N–H and O–H groups in total. The Labute approximate surface area is 153 Å². The van der Waals surface area contributed by atoms with Gasteiger partial charge >= 0.3 is 5.97 Å². The fourth-order valence-corrected chi connectivity index (χ4v) is 2.86. The van der Waals surface area contributed by atoms with Gasteiger partial charge in [0.05, 0.1) is 5.56 Å². The van der Waals surface area contributed by atoms with Gasteiger partial charge in [-0.1, -0.05) is 42.5 Å². The molecule has 3 aromatic rings. The number of ether oxygens (including phenoxy) is 1. The molecule has 126 valence electrons. The van der Waals surface area contributed by atoms with Gasteiger partial charge < -0.3 is 10.1 Å². The molecule has 3 aromatic carbocycles. The SMILES string of the molecule is CC(OC(=O)c1ccccc1Br)C(=O)Nc1ccc2ccccc2c1. The molecule has 0 aliphatic carbocycles. The zero-order chi connectivity index (χ0) is 17.8. The highest BCUT2D eigenvalue weighted by molar-refractivity contribution is 9.10. The minimum atomic E-state index is -0.911. The summed E-state index contributed by atoms with van der Waals surface area (Å²) in [6.07, 6.45) is -0.911. The first-order valence-electron chi connectivity index (χ1n) is 7.80. The molecular formula is C20H16BrNO3. The van der Waals surface area contributed by atoms with E-state index in [4.69, 9.17) is 4.74 Å². The van der Waals surface area contributed by atoms with Crippen molar-refractivity contribution in [2.24, 2.45) is 0 Å². The summed E-state index contributed by atoms with van der Waals surface area (Å²) in [7, 11) is 0. The van der Waals surface area contributed by atoms with Crippen molar-refractivity contribution in [1.82, 2.24) is 0 Å². The molecule has 1 amide bonds. The highest BCUT2D eigenvalue weighted by atomic mass is 79.9. The lowest BCUT2D eigenvalue weighted by Gasteiger charge is -2.14. The first-order chi connectivity index (χ1) is 12.0. The summed E-state index contributed by atoms with van der Waals surface area (Å²) in [5.74, 6) is -0.927. The van der Waals surface area contributed by atoms with Crippen LogP contribution in [0, 0.1) is 0 Å². The van der Waals surface area contributed by atoms with Crippen molar-refractivity contribution >= 4 is 44.3 Å². The van der Waals surface area contributed by atoms with Crippen LogP contribution in [-0.2, 0) is 9.53 Å². The average Bonchev–Trinajstić information content (AvgIpc) is 2.61. The maximum atomic E-state index is 12.3. The second kappa shape index (κ2) is 7.49. The molecular weight excluding hydrogens is 382 g/mol. The number of esters is 1. The Kier molecular flexibility index (Phi) is 5.14. The van der Waals surface area contributed by atoms with Crippen LogP contribution in [0.2, 0.25) is 0 Å². The van der Waals surface area contributed by atoms with E-state index >= 15 is 0 Å². The first kappa shape index (κ1) is 17.2. The fourth-order valence-electron chi connectivity index (χ4n) is 2.42. The molecule has 4 nitrogen and oxygen atoms in total. The maximum Gasteiger partial charge on any atom is 0.340 e. The summed E-state index contributed by atoms with van der Waals surface area (Å²) in [6.45, 7) is 1.55. The van der Waals surface area contributed by atoms with Gasteiger partial charge in [0.15, 0.2) is 6.10 Å². The number of carbonyl (C=O) groups is 2. The molecule has 5 heteroatoms. The van der Waals surface area contributed by atoms with Crippen LogP contribution in [-0.4, -0.2) is 18.0 Å². The maximum absolute atomic E-state index is 12.3. The van der Waals surface area contributed by atoms with E-state index in [1.807, 2.05) is 42.5 Å². The van der Waals surface area contributed by atoms with Crippen LogP contribution in [0.3, 0.4) is 0 Å². The minimum absolute atomic E-state index is 0.379. The van der Waals surface area contributed by atoms with Crippen molar-refractivity contribution in [3.63, 3.8) is 0 Å². The molecule has 25 heavy (non-hydrogen) atoms. The Morgan fingerprint density at radius 1 is 0.960 bits per heavy atom. The third-order valence-electron chi connectivity index (χ3n) is 3.76. The number of amides is 1. The second-order valence-electron chi connectivity index (χ2n) is 5.58. The van der Waals surface area contributed by atoms with Crippen LogP contribution in [0.4, 0.5) is 5.69 Å². The van der Waals surface area contributed by atoms with Crippen molar-refractivity contribution < 1.29 is 14.3 Å². The number of anilines is 1. The number of rotatable bonds is 4. The highest BCUT2D eigenvalue weighted by Gasteiger charge is 2.20. The van der Waals surface area contributed by atoms with Crippen LogP contribution in [0.5, 0.6) is 0 Å². The third kappa shape index (κ3) is 4.06. The van der Waals surface area contributed by atoms with Gasteiger partial charge in [-0.05, 0) is 57.9 Å². The minimum Gasteiger partial charge on any atom is -0.449 e. The second-order valence-corrected chi connectivity index (χ2v) is 6.43. The van der Waals surface area contributed by atoms with Gasteiger partial charge in [-0.15, -0.1) is 0 Å². The van der Waals surface area contributed by atoms with Gasteiger partial charge in [-0.2, -0.15) is 0 Å². The Morgan fingerprint density at radius 3 is 2.40 bits per heavy atom. The summed E-state index contributed by atoms with van der Waals surface area (Å²) < 4.78 is 5.88. The molecule has 0 saturated carbocycles. The Balaban J connectivity index is 1.67. The van der Waals surface area contributed by atoms with E-state index in [9.17, 15) is 9.59 Å². The summed E-state index contributed by atoms with van der Waals surface area (Å²) in [4.78, 5) is 24.5. The van der Waals surface area contributed by atoms with E-state index in [1.165, 1.54) is 0 Å². The standard InChI is InChI=1S/C20H16BrNO3/c1-13(25-20(24)17-8-4-5-9-18(17)21)19(23)22-16-11-10-14-6-2-3-7-15(14)12-16/h2-13H,1H3,(H,22,23). The number of nitrogens with one attached hydrogen (secondary N) is 1. The van der Waals surface area contributed by atoms with Crippen molar-refractivity contribution in [3.05, 3.63) is 76.8 Å². The Morgan fingerprint density at radius 2 is 1.64 bits per heavy atom. The number of fused-ring (bicyclic) bond motifs is 1. The van der Waals surface area contributed by atoms with Gasteiger partial charge in [-0.25, -0.2) is 4.79 Å². The smallest absolute Gasteiger partial charge is 0.340 e. The van der Waals surface area contributed by atoms with Crippen LogP contribution in [0.1, 0.15) is 17.3 Å². The topological polar surface area (TPSA) is 55.4 Å². The number of hydrogen-bond donors (Lipinski definition) is 1. The van der Waals surface area contributed by atoms with E-state index in [1.54, 1.807) is 31.2 Å². The molecule has 0 heterocycles. The molecule has 0 saturated heterocycles. The van der Waals surface area contributed by atoms with Crippen LogP contribution < -0.4 is 5.32 Å². The lowest BCUT2D eigenvalue weighted by atomic mass is 10.1. The molecule has 1 unspecified atom stereocenters. The molecule has 1 atom stereocenters. The molecule has 0 aromatic heterocycles. The zero-order valence-electron chi connectivity index (χ0n) is 13.5. The van der Waals surface area contributed by atoms with Gasteiger partial charge in [0.25, 0.3) is 5.91 Å². The third-order valence-corrected chi connectivity index (χ3v) is 4.46. The Bertz CT molecular complexity index is 939. The lowest BCUT2D eigenvalue weighted by Crippen LogP contribution is -2.30. The van der Waals surface area contributed by atoms with Crippen molar-refractivity contribution in [3.8, 4) is 0 Å². The molecule has 0 bridgehead atoms. The van der Waals surface area contributed by atoms with E-state index < -0.39 is 12.1 Å². The van der Waals surface area contributed by atoms with E-state index in [2.05, 4.69) is 21.2 Å². The predicted octanol–water partition coefficient (Wildman–Crippen LogP) is 4.79. The molecule has 0 radical (unpaired) electrons. The summed E-state index contributed by atoms with van der Waals surface area (Å²) in [5.41, 5.74) is 1.04. The quantitative estimate of drug-likeness (QED) is 0.644. The molecule has 3 rings (SSSR count). The zero-order valence-corrected chi connectivity index (χ0v) is 15.1. The highest BCUT2D eigenvalue weighted by Crippen LogP contribution is 2.20. The average molecular weight is 398 g/mol. The monoisotopic (exact) mass is 397 g/mol. The first-order valence-corrected chi connectivity index (χ1v) is 8.59. The largest absolute Gasteiger partial charge is 0.449 e. The molecule has 0 aliphatic heterocycles. The lowest BCUT2D eigenvalue weighted by molar-refractivity contribution is -0.123. The molecule has 0 fully saturated rings. The predicted molar refractivity (Wildman–Crippen MR) is 102 cm³/mol. The summed E-state index contributed by atoms with van der Waals surface area (Å²) in [5, 5.41) is 4.90. The number of hydrogen-bond acceptors (Lipinski definition) is 3. The van der Waals surface area contributed by atoms with Crippen molar-refractivity contribution in [1.29, 1.82) is 0 Å². The van der Waals surface area contributed by atoms with Crippen LogP contribution in [0.25, 0.3) is 10.8 Å². The van der Waals surface area contributed by atoms with Crippen LogP contribution >= 0.6 is 15.9 Å². The van der Waals surface area contributed by atoms with Gasteiger partial charge in [0.1, 0.15) is 0 Å². The van der Waals surface area contributed by atoms with E-state index in [0.29, 0.717) is 15.7 Å². The van der Waals surface area contributed by atoms with Gasteiger partial charge in [0, 0.05) is 10.2 Å². The van der Waals surface area contributed by atoms with Crippen molar-refractivity contribution in [2.75, 3.05) is 5.32 Å².